The molecular weight excluding hydrogens is 394 g/mol. The minimum absolute atomic E-state index is 0.0298. The van der Waals surface area contributed by atoms with Gasteiger partial charge in [-0.2, -0.15) is 0 Å². The van der Waals surface area contributed by atoms with Gasteiger partial charge in [0.2, 0.25) is 5.91 Å². The largest absolute Gasteiger partial charge is 0.355 e. The van der Waals surface area contributed by atoms with E-state index in [1.807, 2.05) is 30.3 Å². The Balaban J connectivity index is 1.36. The van der Waals surface area contributed by atoms with Gasteiger partial charge in [-0.05, 0) is 42.2 Å². The molecule has 1 aliphatic rings. The maximum atomic E-state index is 12.3. The first-order chi connectivity index (χ1) is 14.7. The van der Waals surface area contributed by atoms with Crippen molar-refractivity contribution < 1.29 is 4.79 Å². The number of carbonyl (C=O) groups is 1. The van der Waals surface area contributed by atoms with Crippen LogP contribution in [0.4, 0.5) is 0 Å². The van der Waals surface area contributed by atoms with E-state index in [1.54, 1.807) is 0 Å². The lowest BCUT2D eigenvalue weighted by Crippen LogP contribution is -2.28. The second kappa shape index (κ2) is 10.1. The molecule has 0 aliphatic heterocycles. The number of aromatic nitrogens is 2. The maximum absolute atomic E-state index is 12.3. The molecule has 1 amide bonds. The molecule has 158 valence electrons. The Hall–Kier alpha value is -2.33. The Morgan fingerprint density at radius 1 is 1.07 bits per heavy atom. The molecule has 4 nitrogen and oxygen atoms in total. The number of carbonyl (C=O) groups excluding carboxylic acids is 1. The van der Waals surface area contributed by atoms with Crippen LogP contribution in [0.2, 0.25) is 5.02 Å². The molecule has 1 heterocycles. The standard InChI is InChI=1S/C25H30ClN3O/c26-21-12-10-20(11-13-21)18-25(30)27-16-14-24-28-22-8-4-5-9-23(22)29(24)17-15-19-6-2-1-3-7-19/h4-5,8-13,19H,1-3,6-7,14-18H2,(H,27,30). The number of fused-ring (bicyclic) bond motifs is 1. The summed E-state index contributed by atoms with van der Waals surface area (Å²) in [5.74, 6) is 1.94. The summed E-state index contributed by atoms with van der Waals surface area (Å²) in [7, 11) is 0. The molecule has 0 spiro atoms. The van der Waals surface area contributed by atoms with E-state index < -0.39 is 0 Å². The average molecular weight is 424 g/mol. The highest BCUT2D eigenvalue weighted by molar-refractivity contribution is 6.30. The highest BCUT2D eigenvalue weighted by atomic mass is 35.5. The number of nitrogens with zero attached hydrogens (tertiary/aromatic N) is 2. The van der Waals surface area contributed by atoms with E-state index in [4.69, 9.17) is 16.6 Å². The lowest BCUT2D eigenvalue weighted by Gasteiger charge is -2.22. The van der Waals surface area contributed by atoms with Gasteiger partial charge in [-0.25, -0.2) is 4.98 Å². The zero-order valence-electron chi connectivity index (χ0n) is 17.4. The van der Waals surface area contributed by atoms with Crippen molar-refractivity contribution in [2.45, 2.75) is 57.9 Å². The Kier molecular flexibility index (Phi) is 7.06. The van der Waals surface area contributed by atoms with Gasteiger partial charge in [0.25, 0.3) is 0 Å². The van der Waals surface area contributed by atoms with E-state index in [1.165, 1.54) is 44.0 Å². The third kappa shape index (κ3) is 5.42. The molecule has 0 unspecified atom stereocenters. The van der Waals surface area contributed by atoms with Gasteiger partial charge in [0.05, 0.1) is 17.5 Å². The lowest BCUT2D eigenvalue weighted by molar-refractivity contribution is -0.120. The molecule has 4 rings (SSSR count). The predicted molar refractivity (Wildman–Crippen MR) is 123 cm³/mol. The number of para-hydroxylation sites is 2. The van der Waals surface area contributed by atoms with Crippen molar-refractivity contribution in [3.05, 3.63) is 64.9 Å². The minimum Gasteiger partial charge on any atom is -0.355 e. The molecule has 0 saturated heterocycles. The fourth-order valence-corrected chi connectivity index (χ4v) is 4.64. The molecule has 1 fully saturated rings. The van der Waals surface area contributed by atoms with Crippen molar-refractivity contribution >= 4 is 28.5 Å². The molecule has 0 bridgehead atoms. The van der Waals surface area contributed by atoms with E-state index in [2.05, 4.69) is 28.1 Å². The number of rotatable bonds is 8. The zero-order chi connectivity index (χ0) is 20.8. The van der Waals surface area contributed by atoms with Gasteiger partial charge in [0, 0.05) is 24.5 Å². The normalized spacial score (nSPS) is 14.8. The second-order valence-electron chi connectivity index (χ2n) is 8.36. The monoisotopic (exact) mass is 423 g/mol. The van der Waals surface area contributed by atoms with E-state index >= 15 is 0 Å². The van der Waals surface area contributed by atoms with Gasteiger partial charge >= 0.3 is 0 Å². The molecule has 3 aromatic rings. The third-order valence-electron chi connectivity index (χ3n) is 6.17. The van der Waals surface area contributed by atoms with Crippen LogP contribution in [0.25, 0.3) is 11.0 Å². The summed E-state index contributed by atoms with van der Waals surface area (Å²) in [6.07, 6.45) is 9.21. The Morgan fingerprint density at radius 2 is 1.83 bits per heavy atom. The number of amides is 1. The molecule has 0 radical (unpaired) electrons. The van der Waals surface area contributed by atoms with Crippen LogP contribution < -0.4 is 5.32 Å². The van der Waals surface area contributed by atoms with Crippen LogP contribution in [-0.2, 0) is 24.2 Å². The Bertz CT molecular complexity index is 974. The van der Waals surface area contributed by atoms with Crippen LogP contribution in [0.15, 0.2) is 48.5 Å². The molecule has 0 atom stereocenters. The summed E-state index contributed by atoms with van der Waals surface area (Å²) in [5.41, 5.74) is 3.22. The number of imidazole rings is 1. The molecular formula is C25H30ClN3O. The number of halogens is 1. The molecule has 1 aromatic heterocycles. The average Bonchev–Trinajstić information content (AvgIpc) is 3.12. The van der Waals surface area contributed by atoms with Crippen LogP contribution in [0.1, 0.15) is 49.9 Å². The van der Waals surface area contributed by atoms with E-state index in [-0.39, 0.29) is 5.91 Å². The summed E-state index contributed by atoms with van der Waals surface area (Å²) in [6.45, 7) is 1.61. The first-order valence-electron chi connectivity index (χ1n) is 11.1. The van der Waals surface area contributed by atoms with Gasteiger partial charge in [-0.1, -0.05) is 68.0 Å². The van der Waals surface area contributed by atoms with Gasteiger partial charge in [-0.3, -0.25) is 4.79 Å². The third-order valence-corrected chi connectivity index (χ3v) is 6.42. The Morgan fingerprint density at radius 3 is 2.63 bits per heavy atom. The number of aryl methyl sites for hydroxylation is 1. The van der Waals surface area contributed by atoms with Gasteiger partial charge in [0.15, 0.2) is 0 Å². The number of benzene rings is 2. The van der Waals surface area contributed by atoms with Gasteiger partial charge in [0.1, 0.15) is 5.82 Å². The summed E-state index contributed by atoms with van der Waals surface area (Å²) >= 11 is 5.91. The topological polar surface area (TPSA) is 46.9 Å². The van der Waals surface area contributed by atoms with Crippen LogP contribution in [0.5, 0.6) is 0 Å². The van der Waals surface area contributed by atoms with Crippen LogP contribution in [0, 0.1) is 5.92 Å². The van der Waals surface area contributed by atoms with Crippen molar-refractivity contribution in [1.82, 2.24) is 14.9 Å². The first-order valence-corrected chi connectivity index (χ1v) is 11.5. The fraction of sp³-hybridized carbons (Fsp3) is 0.440. The first kappa shape index (κ1) is 20.9. The quantitative estimate of drug-likeness (QED) is 0.515. The summed E-state index contributed by atoms with van der Waals surface area (Å²) in [4.78, 5) is 17.2. The molecule has 1 N–H and O–H groups in total. The maximum Gasteiger partial charge on any atom is 0.224 e. The lowest BCUT2D eigenvalue weighted by atomic mass is 9.87. The molecule has 1 aliphatic carbocycles. The smallest absolute Gasteiger partial charge is 0.224 e. The number of nitrogens with one attached hydrogen (secondary N) is 1. The van der Waals surface area contributed by atoms with E-state index in [9.17, 15) is 4.79 Å². The summed E-state index contributed by atoms with van der Waals surface area (Å²) in [6, 6.07) is 15.8. The molecule has 5 heteroatoms. The molecule has 30 heavy (non-hydrogen) atoms. The van der Waals surface area contributed by atoms with Crippen LogP contribution >= 0.6 is 11.6 Å². The van der Waals surface area contributed by atoms with E-state index in [0.717, 1.165) is 35.8 Å². The fourth-order valence-electron chi connectivity index (χ4n) is 4.52. The van der Waals surface area contributed by atoms with Crippen LogP contribution in [-0.4, -0.2) is 22.0 Å². The van der Waals surface area contributed by atoms with Crippen LogP contribution in [0.3, 0.4) is 0 Å². The predicted octanol–water partition coefficient (Wildman–Crippen LogP) is 5.56. The zero-order valence-corrected chi connectivity index (χ0v) is 18.2. The van der Waals surface area contributed by atoms with E-state index in [0.29, 0.717) is 18.0 Å². The number of hydrogen-bond donors (Lipinski definition) is 1. The van der Waals surface area contributed by atoms with Crippen molar-refractivity contribution in [3.63, 3.8) is 0 Å². The minimum atomic E-state index is 0.0298. The van der Waals surface area contributed by atoms with Crippen molar-refractivity contribution in [2.75, 3.05) is 6.54 Å². The van der Waals surface area contributed by atoms with Crippen molar-refractivity contribution in [1.29, 1.82) is 0 Å². The number of hydrogen-bond acceptors (Lipinski definition) is 2. The SMILES string of the molecule is O=C(Cc1ccc(Cl)cc1)NCCc1nc2ccccc2n1CCC1CCCCC1. The van der Waals surface area contributed by atoms with Crippen molar-refractivity contribution in [3.8, 4) is 0 Å². The highest BCUT2D eigenvalue weighted by Crippen LogP contribution is 2.28. The summed E-state index contributed by atoms with van der Waals surface area (Å²) < 4.78 is 2.37. The van der Waals surface area contributed by atoms with Crippen molar-refractivity contribution in [2.24, 2.45) is 5.92 Å². The molecule has 1 saturated carbocycles. The summed E-state index contributed by atoms with van der Waals surface area (Å²) in [5, 5.41) is 3.73. The van der Waals surface area contributed by atoms with Gasteiger partial charge in [-0.15, -0.1) is 0 Å². The second-order valence-corrected chi connectivity index (χ2v) is 8.80. The highest BCUT2D eigenvalue weighted by Gasteiger charge is 2.16. The molecule has 2 aromatic carbocycles. The Labute approximate surface area is 183 Å². The van der Waals surface area contributed by atoms with Gasteiger partial charge < -0.3 is 9.88 Å².